The van der Waals surface area contributed by atoms with Crippen LogP contribution in [0.4, 0.5) is 0 Å². The standard InChI is InChI=1S/C50H54O12/c1-50(2)57-33-40(62-50)42-44(45(48(52)59-42)60-47(51)38-26-16-7-17-27-38)61-49-46(56-31-37-24-14-6-15-25-37)43(55-30-36-22-12-5-13-23-36)41(54-29-35-20-10-4-11-21-35)39(58-49)32-53-28-34-18-8-3-9-19-34/h3-27,39-46,48-49,52H,28-33H2,1-2H3/t39-,40-,41+,42+,43+,44+,45-,46-,48?,49-/m1/s1. The molecule has 12 heteroatoms. The van der Waals surface area contributed by atoms with Crippen molar-refractivity contribution < 1.29 is 57.3 Å². The van der Waals surface area contributed by atoms with E-state index in [1.165, 1.54) is 0 Å². The molecule has 1 N–H and O–H groups in total. The molecular weight excluding hydrogens is 793 g/mol. The number of aliphatic hydroxyl groups excluding tert-OH is 1. The SMILES string of the molecule is CC1(C)OC[C@H]([C@@H]2OC(O)[C@H](OC(=O)c3ccccc3)[C@H]2O[C@H]2O[C@H](COCc3ccccc3)[C@H](OCc3ccccc3)[C@H](OCc3ccccc3)[C@H]2OCc2ccccc2)O1. The number of carbonyl (C=O) groups excluding carboxylic acids is 1. The maximum absolute atomic E-state index is 13.6. The van der Waals surface area contributed by atoms with Gasteiger partial charge in [-0.1, -0.05) is 140 Å². The maximum Gasteiger partial charge on any atom is 0.338 e. The summed E-state index contributed by atoms with van der Waals surface area (Å²) in [6.45, 7) is 4.79. The van der Waals surface area contributed by atoms with Gasteiger partial charge in [-0.15, -0.1) is 0 Å². The summed E-state index contributed by atoms with van der Waals surface area (Å²) in [6.07, 6.45) is -10.1. The molecule has 12 nitrogen and oxygen atoms in total. The Morgan fingerprint density at radius 3 is 1.60 bits per heavy atom. The van der Waals surface area contributed by atoms with Gasteiger partial charge < -0.3 is 52.5 Å². The van der Waals surface area contributed by atoms with Crippen LogP contribution in [0.25, 0.3) is 0 Å². The molecule has 1 unspecified atom stereocenters. The molecule has 3 saturated heterocycles. The molecule has 326 valence electrons. The second-order valence-electron chi connectivity index (χ2n) is 16.0. The Hall–Kier alpha value is -4.83. The monoisotopic (exact) mass is 846 g/mol. The van der Waals surface area contributed by atoms with E-state index >= 15 is 0 Å². The molecule has 8 rings (SSSR count). The second-order valence-corrected chi connectivity index (χ2v) is 16.0. The molecule has 0 aliphatic carbocycles. The predicted molar refractivity (Wildman–Crippen MR) is 226 cm³/mol. The number of hydrogen-bond donors (Lipinski definition) is 1. The van der Waals surface area contributed by atoms with Crippen molar-refractivity contribution in [2.24, 2.45) is 0 Å². The quantitative estimate of drug-likeness (QED) is 0.0899. The van der Waals surface area contributed by atoms with Crippen LogP contribution in [0.3, 0.4) is 0 Å². The lowest BCUT2D eigenvalue weighted by Crippen LogP contribution is -2.63. The lowest BCUT2D eigenvalue weighted by molar-refractivity contribution is -0.342. The Morgan fingerprint density at radius 2 is 1.08 bits per heavy atom. The third-order valence-electron chi connectivity index (χ3n) is 11.0. The highest BCUT2D eigenvalue weighted by Crippen LogP contribution is 2.38. The topological polar surface area (TPSA) is 130 Å². The average molecular weight is 847 g/mol. The first-order chi connectivity index (χ1) is 30.3. The van der Waals surface area contributed by atoms with Crippen LogP contribution < -0.4 is 0 Å². The highest BCUT2D eigenvalue weighted by Gasteiger charge is 2.57. The van der Waals surface area contributed by atoms with E-state index in [0.29, 0.717) is 12.2 Å². The zero-order valence-electron chi connectivity index (χ0n) is 34.9. The first kappa shape index (κ1) is 43.8. The third kappa shape index (κ3) is 11.4. The van der Waals surface area contributed by atoms with Crippen LogP contribution in [0.5, 0.6) is 0 Å². The van der Waals surface area contributed by atoms with Crippen LogP contribution in [0, 0.1) is 0 Å². The molecule has 0 amide bonds. The van der Waals surface area contributed by atoms with Gasteiger partial charge in [0.15, 0.2) is 24.5 Å². The summed E-state index contributed by atoms with van der Waals surface area (Å²) >= 11 is 0. The van der Waals surface area contributed by atoms with E-state index in [0.717, 1.165) is 22.3 Å². The fraction of sp³-hybridized carbons (Fsp3) is 0.380. The molecular formula is C50H54O12. The van der Waals surface area contributed by atoms with E-state index in [-0.39, 0.29) is 33.0 Å². The number of aliphatic hydroxyl groups is 1. The smallest absolute Gasteiger partial charge is 0.338 e. The van der Waals surface area contributed by atoms with Gasteiger partial charge in [-0.05, 0) is 48.2 Å². The maximum atomic E-state index is 13.6. The van der Waals surface area contributed by atoms with Gasteiger partial charge in [0, 0.05) is 0 Å². The molecule has 0 bridgehead atoms. The van der Waals surface area contributed by atoms with E-state index in [1.807, 2.05) is 121 Å². The molecule has 3 fully saturated rings. The van der Waals surface area contributed by atoms with E-state index < -0.39 is 73.2 Å². The highest BCUT2D eigenvalue weighted by molar-refractivity contribution is 5.89. The van der Waals surface area contributed by atoms with Crippen LogP contribution in [-0.2, 0) is 73.8 Å². The fourth-order valence-corrected chi connectivity index (χ4v) is 7.90. The Labute approximate surface area is 362 Å². The number of ether oxygens (including phenoxy) is 10. The molecule has 0 radical (unpaired) electrons. The van der Waals surface area contributed by atoms with Gasteiger partial charge >= 0.3 is 5.97 Å². The summed E-state index contributed by atoms with van der Waals surface area (Å²) in [5.74, 6) is -1.60. The number of hydrogen-bond acceptors (Lipinski definition) is 12. The summed E-state index contributed by atoms with van der Waals surface area (Å²) in [5, 5.41) is 11.5. The summed E-state index contributed by atoms with van der Waals surface area (Å²) in [4.78, 5) is 13.6. The van der Waals surface area contributed by atoms with Crippen LogP contribution in [0.2, 0.25) is 0 Å². The van der Waals surface area contributed by atoms with Crippen molar-refractivity contribution in [2.75, 3.05) is 13.2 Å². The summed E-state index contributed by atoms with van der Waals surface area (Å²) in [6, 6.07) is 47.9. The Bertz CT molecular complexity index is 2090. The van der Waals surface area contributed by atoms with Crippen molar-refractivity contribution in [3.63, 3.8) is 0 Å². The van der Waals surface area contributed by atoms with Crippen molar-refractivity contribution in [1.82, 2.24) is 0 Å². The molecule has 0 saturated carbocycles. The van der Waals surface area contributed by atoms with Gasteiger partial charge in [-0.3, -0.25) is 0 Å². The first-order valence-electron chi connectivity index (χ1n) is 21.1. The van der Waals surface area contributed by atoms with Gasteiger partial charge in [-0.25, -0.2) is 4.79 Å². The molecule has 10 atom stereocenters. The molecule has 3 aliphatic rings. The molecule has 62 heavy (non-hydrogen) atoms. The summed E-state index contributed by atoms with van der Waals surface area (Å²) in [5.41, 5.74) is 4.10. The third-order valence-corrected chi connectivity index (χ3v) is 11.0. The lowest BCUT2D eigenvalue weighted by Gasteiger charge is -2.47. The van der Waals surface area contributed by atoms with Gasteiger partial charge in [-0.2, -0.15) is 0 Å². The average Bonchev–Trinajstić information content (AvgIpc) is 3.82. The zero-order valence-corrected chi connectivity index (χ0v) is 34.9. The Morgan fingerprint density at radius 1 is 0.597 bits per heavy atom. The molecule has 0 aromatic heterocycles. The number of carbonyl (C=O) groups is 1. The van der Waals surface area contributed by atoms with Crippen LogP contribution in [0.1, 0.15) is 46.5 Å². The van der Waals surface area contributed by atoms with Crippen molar-refractivity contribution >= 4 is 5.97 Å². The van der Waals surface area contributed by atoms with Gasteiger partial charge in [0.2, 0.25) is 0 Å². The van der Waals surface area contributed by atoms with Crippen molar-refractivity contribution in [3.8, 4) is 0 Å². The molecule has 0 spiro atoms. The van der Waals surface area contributed by atoms with E-state index in [2.05, 4.69) is 0 Å². The van der Waals surface area contributed by atoms with Gasteiger partial charge in [0.05, 0.1) is 45.2 Å². The van der Waals surface area contributed by atoms with Gasteiger partial charge in [0.1, 0.15) is 42.7 Å². The molecule has 5 aromatic rings. The van der Waals surface area contributed by atoms with Crippen LogP contribution >= 0.6 is 0 Å². The molecule has 5 aromatic carbocycles. The summed E-state index contributed by atoms with van der Waals surface area (Å²) in [7, 11) is 0. The van der Waals surface area contributed by atoms with Crippen LogP contribution in [-0.4, -0.2) is 91.5 Å². The zero-order chi connectivity index (χ0) is 42.7. The Kier molecular flexibility index (Phi) is 14.9. The predicted octanol–water partition coefficient (Wildman–Crippen LogP) is 7.16. The molecule has 3 heterocycles. The molecule has 3 aliphatic heterocycles. The number of esters is 1. The van der Waals surface area contributed by atoms with Gasteiger partial charge in [0.25, 0.3) is 0 Å². The second kappa shape index (κ2) is 21.0. The van der Waals surface area contributed by atoms with Crippen molar-refractivity contribution in [3.05, 3.63) is 179 Å². The largest absolute Gasteiger partial charge is 0.450 e. The number of benzene rings is 5. The van der Waals surface area contributed by atoms with E-state index in [9.17, 15) is 9.90 Å². The summed E-state index contributed by atoms with van der Waals surface area (Å²) < 4.78 is 65.3. The minimum absolute atomic E-state index is 0.0955. The van der Waals surface area contributed by atoms with Crippen molar-refractivity contribution in [2.45, 2.75) is 107 Å². The highest BCUT2D eigenvalue weighted by atomic mass is 16.8. The Balaban J connectivity index is 1.16. The lowest BCUT2D eigenvalue weighted by atomic mass is 9.97. The fourth-order valence-electron chi connectivity index (χ4n) is 7.90. The number of rotatable bonds is 18. The normalized spacial score (nSPS) is 28.1. The van der Waals surface area contributed by atoms with Crippen LogP contribution in [0.15, 0.2) is 152 Å². The minimum Gasteiger partial charge on any atom is -0.450 e. The van der Waals surface area contributed by atoms with E-state index in [1.54, 1.807) is 44.2 Å². The van der Waals surface area contributed by atoms with Crippen molar-refractivity contribution in [1.29, 1.82) is 0 Å². The van der Waals surface area contributed by atoms with E-state index in [4.69, 9.17) is 47.4 Å². The first-order valence-corrected chi connectivity index (χ1v) is 21.1. The minimum atomic E-state index is -1.57.